The first kappa shape index (κ1) is 17.2. The Morgan fingerprint density at radius 3 is 2.38 bits per heavy atom. The van der Waals surface area contributed by atoms with Gasteiger partial charge in [-0.3, -0.25) is 10.1 Å². The summed E-state index contributed by atoms with van der Waals surface area (Å²) in [4.78, 5) is 34.1. The normalized spacial score (nSPS) is 16.0. The van der Waals surface area contributed by atoms with Crippen LogP contribution in [0.4, 0.5) is 5.69 Å². The van der Waals surface area contributed by atoms with Crippen LogP contribution in [0.3, 0.4) is 0 Å². The van der Waals surface area contributed by atoms with Gasteiger partial charge < -0.3 is 19.0 Å². The molecule has 0 saturated carbocycles. The summed E-state index contributed by atoms with van der Waals surface area (Å²) in [6, 6.07) is 6.35. The number of ether oxygens (including phenoxy) is 2. The van der Waals surface area contributed by atoms with Crippen LogP contribution in [0.15, 0.2) is 40.3 Å². The number of phenols is 1. The van der Waals surface area contributed by atoms with Gasteiger partial charge in [0.15, 0.2) is 0 Å². The second-order valence-electron chi connectivity index (χ2n) is 5.90. The molecule has 0 aliphatic carbocycles. The molecule has 26 heavy (non-hydrogen) atoms. The smallest absolute Gasteiger partial charge is 0.348 e. The van der Waals surface area contributed by atoms with Crippen LogP contribution in [0.5, 0.6) is 5.75 Å². The zero-order chi connectivity index (χ0) is 19.1. The number of non-ortho nitro benzene ring substituents is 1. The van der Waals surface area contributed by atoms with Crippen LogP contribution in [0, 0.1) is 10.1 Å². The Labute approximate surface area is 146 Å². The van der Waals surface area contributed by atoms with E-state index in [2.05, 4.69) is 0 Å². The molecular formula is C17H13NO8. The fraction of sp³-hybridized carbons (Fsp3) is 0.176. The quantitative estimate of drug-likeness (QED) is 0.291. The molecule has 0 bridgehead atoms. The number of esters is 2. The minimum atomic E-state index is -1.35. The highest BCUT2D eigenvalue weighted by molar-refractivity contribution is 6.18. The van der Waals surface area contributed by atoms with Crippen molar-refractivity contribution in [1.29, 1.82) is 0 Å². The lowest BCUT2D eigenvalue weighted by molar-refractivity contribution is -0.384. The van der Waals surface area contributed by atoms with Crippen molar-refractivity contribution in [2.24, 2.45) is 0 Å². The second-order valence-corrected chi connectivity index (χ2v) is 5.90. The summed E-state index contributed by atoms with van der Waals surface area (Å²) in [6.45, 7) is 2.85. The van der Waals surface area contributed by atoms with E-state index in [0.29, 0.717) is 0 Å². The molecule has 1 aliphatic rings. The molecular weight excluding hydrogens is 346 g/mol. The van der Waals surface area contributed by atoms with Crippen LogP contribution >= 0.6 is 0 Å². The van der Waals surface area contributed by atoms with Crippen LogP contribution in [0.1, 0.15) is 19.6 Å². The Hall–Kier alpha value is -3.62. The molecule has 1 fully saturated rings. The summed E-state index contributed by atoms with van der Waals surface area (Å²) in [5, 5.41) is 20.8. The molecule has 2 aromatic rings. The zero-order valence-corrected chi connectivity index (χ0v) is 13.7. The molecule has 3 rings (SSSR count). The topological polar surface area (TPSA) is 129 Å². The van der Waals surface area contributed by atoms with E-state index in [1.807, 2.05) is 0 Å². The number of nitro benzene ring substituents is 1. The number of hydrogen-bond donors (Lipinski definition) is 1. The predicted molar refractivity (Wildman–Crippen MR) is 86.7 cm³/mol. The third-order valence-corrected chi connectivity index (χ3v) is 3.49. The van der Waals surface area contributed by atoms with E-state index in [1.54, 1.807) is 0 Å². The average Bonchev–Trinajstić information content (AvgIpc) is 2.98. The number of hydrogen-bond acceptors (Lipinski definition) is 8. The van der Waals surface area contributed by atoms with Crippen molar-refractivity contribution in [2.75, 3.05) is 0 Å². The number of benzene rings is 1. The molecule has 1 N–H and O–H groups in total. The highest BCUT2D eigenvalue weighted by Crippen LogP contribution is 2.34. The SMILES string of the molecule is CC1(C)OC(=O)C(=Cc2ccc(-c3cc([N+](=O)[O-])ccc3O)o2)C(=O)O1. The number of carbonyl (C=O) groups is 2. The molecule has 1 aromatic heterocycles. The van der Waals surface area contributed by atoms with Gasteiger partial charge in [0, 0.05) is 32.1 Å². The molecule has 1 saturated heterocycles. The predicted octanol–water partition coefficient (Wildman–Crippen LogP) is 2.78. The summed E-state index contributed by atoms with van der Waals surface area (Å²) in [7, 11) is 0. The summed E-state index contributed by atoms with van der Waals surface area (Å²) < 4.78 is 15.4. The molecule has 0 spiro atoms. The largest absolute Gasteiger partial charge is 0.507 e. The van der Waals surface area contributed by atoms with E-state index in [4.69, 9.17) is 13.9 Å². The van der Waals surface area contributed by atoms with Gasteiger partial charge in [0.2, 0.25) is 0 Å². The van der Waals surface area contributed by atoms with E-state index in [-0.39, 0.29) is 34.1 Å². The second kappa shape index (κ2) is 6.03. The Morgan fingerprint density at radius 1 is 1.12 bits per heavy atom. The van der Waals surface area contributed by atoms with Crippen molar-refractivity contribution in [3.8, 4) is 17.1 Å². The maximum Gasteiger partial charge on any atom is 0.348 e. The van der Waals surface area contributed by atoms with E-state index in [0.717, 1.165) is 18.2 Å². The lowest BCUT2D eigenvalue weighted by Gasteiger charge is -2.29. The van der Waals surface area contributed by atoms with Gasteiger partial charge in [-0.05, 0) is 18.2 Å². The van der Waals surface area contributed by atoms with Gasteiger partial charge in [-0.2, -0.15) is 0 Å². The van der Waals surface area contributed by atoms with Crippen molar-refractivity contribution in [3.05, 3.63) is 51.8 Å². The molecule has 0 radical (unpaired) electrons. The number of nitrogens with zero attached hydrogens (tertiary/aromatic N) is 1. The van der Waals surface area contributed by atoms with E-state index in [1.165, 1.54) is 32.0 Å². The Morgan fingerprint density at radius 2 is 1.77 bits per heavy atom. The van der Waals surface area contributed by atoms with Crippen molar-refractivity contribution < 1.29 is 33.5 Å². The van der Waals surface area contributed by atoms with Gasteiger partial charge in [0.05, 0.1) is 10.5 Å². The highest BCUT2D eigenvalue weighted by atomic mass is 16.7. The Bertz CT molecular complexity index is 931. The molecule has 1 aromatic carbocycles. The summed E-state index contributed by atoms with van der Waals surface area (Å²) in [5.74, 6) is -3.06. The first-order chi connectivity index (χ1) is 12.2. The number of nitro groups is 1. The van der Waals surface area contributed by atoms with Crippen LogP contribution in [-0.2, 0) is 19.1 Å². The van der Waals surface area contributed by atoms with Gasteiger partial charge in [0.1, 0.15) is 22.8 Å². The summed E-state index contributed by atoms with van der Waals surface area (Å²) in [5.41, 5.74) is -0.483. The Kier molecular flexibility index (Phi) is 3.99. The number of phenolic OH excluding ortho intramolecular Hbond substituents is 1. The standard InChI is InChI=1S/C17H13NO8/c1-17(2)25-15(20)12(16(21)26-17)8-10-4-6-14(24-10)11-7-9(18(22)23)3-5-13(11)19/h3-8,19H,1-2H3. The lowest BCUT2D eigenvalue weighted by atomic mass is 10.1. The maximum atomic E-state index is 11.9. The third kappa shape index (κ3) is 3.27. The molecule has 0 atom stereocenters. The number of rotatable bonds is 3. The summed E-state index contributed by atoms with van der Waals surface area (Å²) in [6.07, 6.45) is 1.14. The van der Waals surface area contributed by atoms with E-state index in [9.17, 15) is 24.8 Å². The third-order valence-electron chi connectivity index (χ3n) is 3.49. The minimum Gasteiger partial charge on any atom is -0.507 e. The van der Waals surface area contributed by atoms with Crippen molar-refractivity contribution >= 4 is 23.7 Å². The molecule has 1 aliphatic heterocycles. The number of carbonyl (C=O) groups excluding carboxylic acids is 2. The molecule has 134 valence electrons. The number of cyclic esters (lactones) is 2. The number of aromatic hydroxyl groups is 1. The van der Waals surface area contributed by atoms with Gasteiger partial charge in [-0.25, -0.2) is 9.59 Å². The lowest BCUT2D eigenvalue weighted by Crippen LogP contribution is -2.41. The highest BCUT2D eigenvalue weighted by Gasteiger charge is 2.39. The molecule has 0 unspecified atom stereocenters. The van der Waals surface area contributed by atoms with Crippen molar-refractivity contribution in [3.63, 3.8) is 0 Å². The maximum absolute atomic E-state index is 11.9. The first-order valence-electron chi connectivity index (χ1n) is 7.42. The van der Waals surface area contributed by atoms with E-state index >= 15 is 0 Å². The van der Waals surface area contributed by atoms with Crippen LogP contribution in [-0.4, -0.2) is 27.8 Å². The molecule has 9 heteroatoms. The van der Waals surface area contributed by atoms with Crippen LogP contribution in [0.25, 0.3) is 17.4 Å². The fourth-order valence-electron chi connectivity index (χ4n) is 2.33. The van der Waals surface area contributed by atoms with Crippen LogP contribution < -0.4 is 0 Å². The van der Waals surface area contributed by atoms with Gasteiger partial charge >= 0.3 is 11.9 Å². The first-order valence-corrected chi connectivity index (χ1v) is 7.42. The van der Waals surface area contributed by atoms with Gasteiger partial charge in [-0.1, -0.05) is 0 Å². The Balaban J connectivity index is 1.94. The van der Waals surface area contributed by atoms with Gasteiger partial charge in [-0.15, -0.1) is 0 Å². The monoisotopic (exact) mass is 359 g/mol. The van der Waals surface area contributed by atoms with Crippen LogP contribution in [0.2, 0.25) is 0 Å². The van der Waals surface area contributed by atoms with E-state index < -0.39 is 22.6 Å². The zero-order valence-electron chi connectivity index (χ0n) is 13.7. The average molecular weight is 359 g/mol. The summed E-state index contributed by atoms with van der Waals surface area (Å²) >= 11 is 0. The van der Waals surface area contributed by atoms with Crippen molar-refractivity contribution in [2.45, 2.75) is 19.6 Å². The molecule has 2 heterocycles. The minimum absolute atomic E-state index is 0.0961. The molecule has 9 nitrogen and oxygen atoms in total. The molecule has 0 amide bonds. The number of furan rings is 1. The fourth-order valence-corrected chi connectivity index (χ4v) is 2.33. The van der Waals surface area contributed by atoms with Crippen molar-refractivity contribution in [1.82, 2.24) is 0 Å². The van der Waals surface area contributed by atoms with Gasteiger partial charge in [0.25, 0.3) is 11.5 Å².